The average Bonchev–Trinajstić information content (AvgIpc) is 3.71. The first kappa shape index (κ1) is 61.0. The molecule has 0 amide bonds. The van der Waals surface area contributed by atoms with E-state index in [9.17, 15) is 0 Å². The normalized spacial score (nSPS) is 11.8. The monoisotopic (exact) mass is 1130 g/mol. The highest BCUT2D eigenvalue weighted by atomic mass is 16.5. The van der Waals surface area contributed by atoms with Crippen LogP contribution in [0.25, 0.3) is 0 Å². The Balaban J connectivity index is 1.25. The van der Waals surface area contributed by atoms with Gasteiger partial charge in [0.05, 0.1) is 0 Å². The van der Waals surface area contributed by atoms with Crippen molar-refractivity contribution < 1.29 is 14.2 Å². The zero-order valence-electron chi connectivity index (χ0n) is 52.8. The van der Waals surface area contributed by atoms with Gasteiger partial charge < -0.3 is 48.5 Å². The number of rotatable bonds is 24. The molecule has 0 saturated heterocycles. The van der Waals surface area contributed by atoms with Gasteiger partial charge in [0.1, 0.15) is 16.8 Å². The quantitative estimate of drug-likeness (QED) is 0.0547. The summed E-state index contributed by atoms with van der Waals surface area (Å²) in [7, 11) is 24.9. The lowest BCUT2D eigenvalue weighted by Gasteiger charge is -2.37. The van der Waals surface area contributed by atoms with Gasteiger partial charge in [-0.2, -0.15) is 0 Å². The lowest BCUT2D eigenvalue weighted by atomic mass is 9.79. The molecule has 0 radical (unpaired) electrons. The van der Waals surface area contributed by atoms with Crippen molar-refractivity contribution >= 4 is 51.2 Å². The predicted molar refractivity (Wildman–Crippen MR) is 360 cm³/mol. The molecule has 0 aliphatic rings. The SMILES string of the molecule is CCOC(c1ccc(N(C)C)cc1)(c1ccc(N(C)C)cc1)c1ccc(N(c2ccc(C(OCC)(c3ccc(N(C)C)cc3)c3ccc(N(C)C)cc3)cc2)c2ccc(C(OCC)(c3ccc(N(C)C)cc3)c3ccc(N(C)C)cc3)cc2)cc1. The molecule has 0 bridgehead atoms. The van der Waals surface area contributed by atoms with Crippen LogP contribution in [0.3, 0.4) is 0 Å². The van der Waals surface area contributed by atoms with E-state index in [4.69, 9.17) is 14.2 Å². The molecule has 0 heterocycles. The van der Waals surface area contributed by atoms with Crippen molar-refractivity contribution in [1.29, 1.82) is 0 Å². The van der Waals surface area contributed by atoms with Crippen LogP contribution in [0.5, 0.6) is 0 Å². The minimum Gasteiger partial charge on any atom is -0.378 e. The third-order valence-corrected chi connectivity index (χ3v) is 16.4. The van der Waals surface area contributed by atoms with E-state index in [-0.39, 0.29) is 0 Å². The Labute approximate surface area is 507 Å². The summed E-state index contributed by atoms with van der Waals surface area (Å²) in [6, 6.07) is 79.5. The van der Waals surface area contributed by atoms with Crippen molar-refractivity contribution in [2.45, 2.75) is 37.6 Å². The Morgan fingerprint density at radius 2 is 0.318 bits per heavy atom. The van der Waals surface area contributed by atoms with Gasteiger partial charge in [-0.1, -0.05) is 109 Å². The lowest BCUT2D eigenvalue weighted by Crippen LogP contribution is -2.33. The standard InChI is InChI=1S/C75H87N7O3/c1-16-83-73(55-19-37-64(38-20-55)76(4)5,56-21-39-65(40-22-56)77(6)7)61-31-49-70(50-32-61)82(71-51-33-62(34-52-71)74(84-17-2,57-23-41-66(42-24-57)78(8)9)58-25-43-67(44-26-58)79(10)11)72-53-35-63(36-54-72)75(85-18-3,59-27-45-68(46-28-59)80(12)13)60-29-47-69(48-30-60)81(14)15/h19-54H,16-18H2,1-15H3. The number of hydrogen-bond donors (Lipinski definition) is 0. The van der Waals surface area contributed by atoms with Crippen LogP contribution in [0.4, 0.5) is 51.2 Å². The Kier molecular flexibility index (Phi) is 18.8. The minimum absolute atomic E-state index is 0.489. The molecular formula is C75H87N7O3. The van der Waals surface area contributed by atoms with Gasteiger partial charge >= 0.3 is 0 Å². The molecule has 10 heteroatoms. The van der Waals surface area contributed by atoms with Crippen LogP contribution in [0.2, 0.25) is 0 Å². The van der Waals surface area contributed by atoms with Gasteiger partial charge in [-0.3, -0.25) is 0 Å². The topological polar surface area (TPSA) is 50.4 Å². The zero-order chi connectivity index (χ0) is 60.6. The number of hydrogen-bond acceptors (Lipinski definition) is 10. The Morgan fingerprint density at radius 1 is 0.200 bits per heavy atom. The van der Waals surface area contributed by atoms with Gasteiger partial charge in [0.15, 0.2) is 0 Å². The van der Waals surface area contributed by atoms with E-state index in [2.05, 4.69) is 358 Å². The molecule has 0 N–H and O–H groups in total. The highest BCUT2D eigenvalue weighted by molar-refractivity contribution is 5.78. The maximum absolute atomic E-state index is 7.13. The highest BCUT2D eigenvalue weighted by Gasteiger charge is 2.41. The van der Waals surface area contributed by atoms with Crippen molar-refractivity contribution in [3.05, 3.63) is 268 Å². The molecule has 10 nitrogen and oxygen atoms in total. The summed E-state index contributed by atoms with van der Waals surface area (Å²) >= 11 is 0. The largest absolute Gasteiger partial charge is 0.378 e. The third kappa shape index (κ3) is 12.1. The van der Waals surface area contributed by atoms with Gasteiger partial charge in [-0.25, -0.2) is 0 Å². The van der Waals surface area contributed by atoms with Crippen LogP contribution < -0.4 is 34.3 Å². The number of benzene rings is 9. The molecule has 9 aromatic carbocycles. The van der Waals surface area contributed by atoms with E-state index in [1.54, 1.807) is 0 Å². The lowest BCUT2D eigenvalue weighted by molar-refractivity contribution is 0.0215. The van der Waals surface area contributed by atoms with E-state index >= 15 is 0 Å². The van der Waals surface area contributed by atoms with E-state index in [0.717, 1.165) is 101 Å². The molecule has 9 rings (SSSR count). The summed E-state index contributed by atoms with van der Waals surface area (Å²) in [5, 5.41) is 0. The fourth-order valence-electron chi connectivity index (χ4n) is 11.8. The predicted octanol–water partition coefficient (Wildman–Crippen LogP) is 15.5. The number of nitrogens with zero attached hydrogens (tertiary/aromatic N) is 7. The Morgan fingerprint density at radius 3 is 0.424 bits per heavy atom. The number of ether oxygens (including phenoxy) is 3. The molecule has 9 aromatic rings. The zero-order valence-corrected chi connectivity index (χ0v) is 52.8. The van der Waals surface area contributed by atoms with E-state index in [1.165, 1.54) is 0 Å². The molecule has 0 unspecified atom stereocenters. The summed E-state index contributed by atoms with van der Waals surface area (Å²) in [5.74, 6) is 0. The average molecular weight is 1130 g/mol. The van der Waals surface area contributed by atoms with Gasteiger partial charge in [0, 0.05) is 156 Å². The Bertz CT molecular complexity index is 3010. The molecule has 0 aliphatic heterocycles. The van der Waals surface area contributed by atoms with Crippen LogP contribution >= 0.6 is 0 Å². The summed E-state index contributed by atoms with van der Waals surface area (Å²) in [6.07, 6.45) is 0. The fourth-order valence-corrected chi connectivity index (χ4v) is 11.8. The van der Waals surface area contributed by atoms with Crippen LogP contribution in [-0.4, -0.2) is 104 Å². The fraction of sp³-hybridized carbons (Fsp3) is 0.280. The number of anilines is 9. The summed E-state index contributed by atoms with van der Waals surface area (Å²) < 4.78 is 21.4. The van der Waals surface area contributed by atoms with Crippen molar-refractivity contribution in [2.24, 2.45) is 0 Å². The minimum atomic E-state index is -0.923. The van der Waals surface area contributed by atoms with Crippen LogP contribution in [-0.2, 0) is 31.0 Å². The van der Waals surface area contributed by atoms with E-state index in [1.807, 2.05) is 0 Å². The summed E-state index contributed by atoms with van der Waals surface area (Å²) in [5.41, 5.74) is 16.2. The molecule has 85 heavy (non-hydrogen) atoms. The molecular weight excluding hydrogens is 1050 g/mol. The second kappa shape index (κ2) is 26.2. The first-order valence-electron chi connectivity index (χ1n) is 29.6. The first-order valence-corrected chi connectivity index (χ1v) is 29.6. The van der Waals surface area contributed by atoms with Gasteiger partial charge in [0.25, 0.3) is 0 Å². The van der Waals surface area contributed by atoms with E-state index < -0.39 is 16.8 Å². The third-order valence-electron chi connectivity index (χ3n) is 16.4. The summed E-state index contributed by atoms with van der Waals surface area (Å²) in [6.45, 7) is 7.71. The molecule has 0 atom stereocenters. The van der Waals surface area contributed by atoms with Crippen LogP contribution in [0, 0.1) is 0 Å². The second-order valence-corrected chi connectivity index (χ2v) is 23.0. The van der Waals surface area contributed by atoms with Crippen LogP contribution in [0.1, 0.15) is 70.8 Å². The van der Waals surface area contributed by atoms with Crippen molar-refractivity contribution in [3.8, 4) is 0 Å². The summed E-state index contributed by atoms with van der Waals surface area (Å²) in [4.78, 5) is 15.1. The van der Waals surface area contributed by atoms with Gasteiger partial charge in [-0.05, 0) is 180 Å². The first-order chi connectivity index (χ1) is 40.9. The highest BCUT2D eigenvalue weighted by Crippen LogP contribution is 2.48. The van der Waals surface area contributed by atoms with E-state index in [0.29, 0.717) is 19.8 Å². The van der Waals surface area contributed by atoms with Crippen LogP contribution in [0.15, 0.2) is 218 Å². The smallest absolute Gasteiger partial charge is 0.143 e. The molecule has 0 aliphatic carbocycles. The molecule has 0 fully saturated rings. The molecule has 0 aromatic heterocycles. The maximum atomic E-state index is 7.13. The maximum Gasteiger partial charge on any atom is 0.143 e. The Hall–Kier alpha value is -8.54. The van der Waals surface area contributed by atoms with Gasteiger partial charge in [-0.15, -0.1) is 0 Å². The van der Waals surface area contributed by atoms with Crippen molar-refractivity contribution in [3.63, 3.8) is 0 Å². The van der Waals surface area contributed by atoms with Crippen molar-refractivity contribution in [1.82, 2.24) is 0 Å². The van der Waals surface area contributed by atoms with Crippen molar-refractivity contribution in [2.75, 3.05) is 139 Å². The molecule has 0 spiro atoms. The second-order valence-electron chi connectivity index (χ2n) is 23.0. The molecule has 440 valence electrons. The molecule has 0 saturated carbocycles. The van der Waals surface area contributed by atoms with Gasteiger partial charge in [0.2, 0.25) is 0 Å².